The highest BCUT2D eigenvalue weighted by Crippen LogP contribution is 2.23. The second-order valence-corrected chi connectivity index (χ2v) is 9.22. The van der Waals surface area contributed by atoms with Crippen LogP contribution in [0.3, 0.4) is 0 Å². The average molecular weight is 484 g/mol. The van der Waals surface area contributed by atoms with Gasteiger partial charge in [-0.1, -0.05) is 0 Å². The molecule has 5 heterocycles. The van der Waals surface area contributed by atoms with E-state index in [-0.39, 0.29) is 11.9 Å². The number of rotatable bonds is 6. The van der Waals surface area contributed by atoms with Gasteiger partial charge in [0.1, 0.15) is 23.1 Å². The molecule has 1 aliphatic heterocycles. The summed E-state index contributed by atoms with van der Waals surface area (Å²) in [5.41, 5.74) is 1.90. The van der Waals surface area contributed by atoms with Crippen molar-refractivity contribution in [1.82, 2.24) is 29.8 Å². The van der Waals surface area contributed by atoms with E-state index < -0.39 is 0 Å². The molecule has 1 saturated heterocycles. The van der Waals surface area contributed by atoms with Gasteiger partial charge >= 0.3 is 0 Å². The van der Waals surface area contributed by atoms with Gasteiger partial charge in [-0.25, -0.2) is 15.0 Å². The van der Waals surface area contributed by atoms with Crippen LogP contribution < -0.4 is 15.5 Å². The summed E-state index contributed by atoms with van der Waals surface area (Å²) in [4.78, 5) is 39.8. The summed E-state index contributed by atoms with van der Waals surface area (Å²) in [6.07, 6.45) is 8.50. The van der Waals surface area contributed by atoms with Crippen molar-refractivity contribution in [1.29, 1.82) is 0 Å². The fraction of sp³-hybridized carbons (Fsp3) is 0.308. The number of likely N-dealkylation sites (N-methyl/N-ethyl adjacent to an activating group) is 1. The average Bonchev–Trinajstić information content (AvgIpc) is 2.88. The number of fused-ring (bicyclic) bond motifs is 1. The molecule has 184 valence electrons. The zero-order valence-corrected chi connectivity index (χ0v) is 20.6. The number of aromatic nitrogens is 5. The summed E-state index contributed by atoms with van der Waals surface area (Å²) in [5.74, 6) is 1.74. The molecule has 4 aromatic heterocycles. The molecule has 0 aromatic carbocycles. The van der Waals surface area contributed by atoms with Gasteiger partial charge in [0.05, 0.1) is 18.1 Å². The number of hydrogen-bond donors (Lipinski definition) is 2. The first-order valence-electron chi connectivity index (χ1n) is 12.0. The van der Waals surface area contributed by atoms with Crippen molar-refractivity contribution < 1.29 is 4.79 Å². The van der Waals surface area contributed by atoms with E-state index in [0.717, 1.165) is 42.8 Å². The van der Waals surface area contributed by atoms with Crippen molar-refractivity contribution in [3.05, 3.63) is 60.8 Å². The smallest absolute Gasteiger partial charge is 0.257 e. The van der Waals surface area contributed by atoms with E-state index in [1.54, 1.807) is 37.1 Å². The topological polar surface area (TPSA) is 112 Å². The zero-order chi connectivity index (χ0) is 25.1. The molecule has 4 aromatic rings. The minimum absolute atomic E-state index is 0.229. The number of pyridine rings is 3. The fourth-order valence-corrected chi connectivity index (χ4v) is 4.06. The van der Waals surface area contributed by atoms with Crippen molar-refractivity contribution in [2.24, 2.45) is 0 Å². The van der Waals surface area contributed by atoms with E-state index in [9.17, 15) is 4.79 Å². The fourth-order valence-electron chi connectivity index (χ4n) is 4.06. The molecule has 10 nitrogen and oxygen atoms in total. The maximum atomic E-state index is 13.0. The second-order valence-electron chi connectivity index (χ2n) is 9.22. The lowest BCUT2D eigenvalue weighted by atomic mass is 10.1. The Labute approximate surface area is 209 Å². The molecular formula is C26H29N9O. The molecule has 0 radical (unpaired) electrons. The van der Waals surface area contributed by atoms with Gasteiger partial charge in [-0.2, -0.15) is 0 Å². The van der Waals surface area contributed by atoms with Crippen molar-refractivity contribution in [3.63, 3.8) is 0 Å². The molecule has 0 atom stereocenters. The first kappa shape index (κ1) is 23.6. The number of anilines is 3. The van der Waals surface area contributed by atoms with Crippen molar-refractivity contribution in [2.45, 2.75) is 19.9 Å². The summed E-state index contributed by atoms with van der Waals surface area (Å²) >= 11 is 0. The van der Waals surface area contributed by atoms with Crippen LogP contribution in [0.2, 0.25) is 0 Å². The molecule has 1 amide bonds. The first-order valence-corrected chi connectivity index (χ1v) is 12.0. The lowest BCUT2D eigenvalue weighted by Gasteiger charge is -2.33. The molecule has 0 spiro atoms. The van der Waals surface area contributed by atoms with Crippen LogP contribution in [0, 0.1) is 0 Å². The van der Waals surface area contributed by atoms with E-state index in [2.05, 4.69) is 52.4 Å². The van der Waals surface area contributed by atoms with Crippen LogP contribution in [-0.4, -0.2) is 75.0 Å². The van der Waals surface area contributed by atoms with Gasteiger partial charge in [-0.3, -0.25) is 14.8 Å². The van der Waals surface area contributed by atoms with Crippen LogP contribution in [-0.2, 0) is 0 Å². The number of amides is 1. The highest BCUT2D eigenvalue weighted by molar-refractivity contribution is 6.05. The van der Waals surface area contributed by atoms with Gasteiger partial charge in [0.25, 0.3) is 5.91 Å². The Bertz CT molecular complexity index is 1380. The molecule has 0 bridgehead atoms. The molecule has 5 rings (SSSR count). The van der Waals surface area contributed by atoms with E-state index in [0.29, 0.717) is 28.6 Å². The molecule has 0 unspecified atom stereocenters. The molecule has 1 aliphatic rings. The van der Waals surface area contributed by atoms with Gasteiger partial charge in [0.15, 0.2) is 0 Å². The molecule has 36 heavy (non-hydrogen) atoms. The molecule has 0 saturated carbocycles. The molecule has 10 heteroatoms. The quantitative estimate of drug-likeness (QED) is 0.426. The predicted octanol–water partition coefficient (Wildman–Crippen LogP) is 3.31. The SMILES string of the molecule is CC(C)Nc1cncc(-c2cc3cc(NC(=O)c4ccnc(N5CCN(C)CC5)c4)ncc3cn2)n1. The van der Waals surface area contributed by atoms with Crippen LogP contribution in [0.15, 0.2) is 55.2 Å². The summed E-state index contributed by atoms with van der Waals surface area (Å²) in [5, 5.41) is 7.93. The van der Waals surface area contributed by atoms with E-state index >= 15 is 0 Å². The Morgan fingerprint density at radius 2 is 1.69 bits per heavy atom. The Morgan fingerprint density at radius 1 is 0.889 bits per heavy atom. The minimum Gasteiger partial charge on any atom is -0.367 e. The number of piperazine rings is 1. The van der Waals surface area contributed by atoms with Crippen LogP contribution >= 0.6 is 0 Å². The number of hydrogen-bond acceptors (Lipinski definition) is 9. The normalized spacial score (nSPS) is 14.3. The zero-order valence-electron chi connectivity index (χ0n) is 20.6. The third kappa shape index (κ3) is 5.38. The Kier molecular flexibility index (Phi) is 6.68. The molecule has 0 aliphatic carbocycles. The molecule has 1 fully saturated rings. The predicted molar refractivity (Wildman–Crippen MR) is 141 cm³/mol. The molecule has 2 N–H and O–H groups in total. The van der Waals surface area contributed by atoms with Gasteiger partial charge in [-0.15, -0.1) is 0 Å². The number of carbonyl (C=O) groups is 1. The largest absolute Gasteiger partial charge is 0.367 e. The lowest BCUT2D eigenvalue weighted by molar-refractivity contribution is 0.102. The summed E-state index contributed by atoms with van der Waals surface area (Å²) in [7, 11) is 2.11. The van der Waals surface area contributed by atoms with Crippen molar-refractivity contribution in [3.8, 4) is 11.4 Å². The highest BCUT2D eigenvalue weighted by Gasteiger charge is 2.17. The van der Waals surface area contributed by atoms with E-state index in [1.165, 1.54) is 0 Å². The van der Waals surface area contributed by atoms with Crippen molar-refractivity contribution in [2.75, 3.05) is 48.8 Å². The van der Waals surface area contributed by atoms with E-state index in [4.69, 9.17) is 0 Å². The van der Waals surface area contributed by atoms with Crippen LogP contribution in [0.4, 0.5) is 17.5 Å². The van der Waals surface area contributed by atoms with Gasteiger partial charge in [0, 0.05) is 61.8 Å². The lowest BCUT2D eigenvalue weighted by Crippen LogP contribution is -2.44. The van der Waals surface area contributed by atoms with Gasteiger partial charge in [-0.05, 0) is 50.5 Å². The molecular weight excluding hydrogens is 454 g/mol. The third-order valence-electron chi connectivity index (χ3n) is 6.01. The Balaban J connectivity index is 1.35. The highest BCUT2D eigenvalue weighted by atomic mass is 16.1. The number of nitrogens with one attached hydrogen (secondary N) is 2. The summed E-state index contributed by atoms with van der Waals surface area (Å²) in [6.45, 7) is 7.81. The summed E-state index contributed by atoms with van der Waals surface area (Å²) < 4.78 is 0. The standard InChI is InChI=1S/C26H29N9O/c1-17(2)31-24-16-27-15-22(32-24)21-10-19-11-23(30-14-20(19)13-29-21)33-26(36)18-4-5-28-25(12-18)35-8-6-34(3)7-9-35/h4-5,10-17H,6-9H2,1-3H3,(H,31,32)(H,30,33,36). The monoisotopic (exact) mass is 483 g/mol. The van der Waals surface area contributed by atoms with Crippen molar-refractivity contribution >= 4 is 34.1 Å². The Morgan fingerprint density at radius 3 is 2.50 bits per heavy atom. The minimum atomic E-state index is -0.229. The number of carbonyl (C=O) groups excluding carboxylic acids is 1. The first-order chi connectivity index (χ1) is 17.4. The van der Waals surface area contributed by atoms with Crippen LogP contribution in [0.1, 0.15) is 24.2 Å². The third-order valence-corrected chi connectivity index (χ3v) is 6.01. The number of nitrogens with zero attached hydrogens (tertiary/aromatic N) is 7. The maximum absolute atomic E-state index is 13.0. The van der Waals surface area contributed by atoms with E-state index in [1.807, 2.05) is 32.0 Å². The van der Waals surface area contributed by atoms with Crippen LogP contribution in [0.25, 0.3) is 22.2 Å². The summed E-state index contributed by atoms with van der Waals surface area (Å²) in [6, 6.07) is 7.56. The van der Waals surface area contributed by atoms with Gasteiger partial charge < -0.3 is 20.4 Å². The second kappa shape index (κ2) is 10.2. The Hall–Kier alpha value is -4.18. The van der Waals surface area contributed by atoms with Gasteiger partial charge in [0.2, 0.25) is 0 Å². The van der Waals surface area contributed by atoms with Crippen LogP contribution in [0.5, 0.6) is 0 Å². The maximum Gasteiger partial charge on any atom is 0.257 e.